The summed E-state index contributed by atoms with van der Waals surface area (Å²) in [6, 6.07) is 8.11. The molecule has 0 radical (unpaired) electrons. The van der Waals surface area contributed by atoms with Crippen LogP contribution < -0.4 is 10.6 Å². The van der Waals surface area contributed by atoms with Gasteiger partial charge in [-0.25, -0.2) is 4.98 Å². The number of aromatic nitrogens is 4. The Morgan fingerprint density at radius 1 is 1.20 bits per heavy atom. The molecule has 3 fully saturated rings. The molecule has 3 unspecified atom stereocenters. The van der Waals surface area contributed by atoms with Gasteiger partial charge in [0.2, 0.25) is 5.91 Å². The summed E-state index contributed by atoms with van der Waals surface area (Å²) in [7, 11) is 0. The average Bonchev–Trinajstić information content (AvgIpc) is 3.74. The van der Waals surface area contributed by atoms with E-state index in [-0.39, 0.29) is 29.8 Å². The number of H-pyrrole nitrogens is 1. The van der Waals surface area contributed by atoms with Crippen LogP contribution in [-0.4, -0.2) is 37.6 Å². The van der Waals surface area contributed by atoms with Crippen LogP contribution >= 0.6 is 0 Å². The fourth-order valence-corrected chi connectivity index (χ4v) is 6.00. The molecule has 2 amide bonds. The van der Waals surface area contributed by atoms with E-state index < -0.39 is 0 Å². The molecule has 184 valence electrons. The van der Waals surface area contributed by atoms with Crippen LogP contribution in [0.3, 0.4) is 0 Å². The Kier molecular flexibility index (Phi) is 5.61. The second-order valence-electron chi connectivity index (χ2n) is 10.8. The summed E-state index contributed by atoms with van der Waals surface area (Å²) >= 11 is 0. The number of hydrogen-bond donors (Lipinski definition) is 3. The fourth-order valence-electron chi connectivity index (χ4n) is 6.00. The molecule has 6 rings (SSSR count). The van der Waals surface area contributed by atoms with E-state index in [4.69, 9.17) is 4.98 Å². The smallest absolute Gasteiger partial charge is 0.270 e. The van der Waals surface area contributed by atoms with Gasteiger partial charge in [0.05, 0.1) is 17.1 Å². The van der Waals surface area contributed by atoms with Crippen molar-refractivity contribution in [2.24, 2.45) is 23.7 Å². The number of rotatable bonds is 9. The number of imidazole rings is 1. The minimum Gasteiger partial charge on any atom is -0.353 e. The summed E-state index contributed by atoms with van der Waals surface area (Å²) in [6.07, 6.45) is 8.20. The van der Waals surface area contributed by atoms with Gasteiger partial charge >= 0.3 is 0 Å². The van der Waals surface area contributed by atoms with Crippen molar-refractivity contribution in [1.82, 2.24) is 30.4 Å². The number of carbonyl (C=O) groups excluding carboxylic acids is 2. The zero-order valence-corrected chi connectivity index (χ0v) is 20.5. The number of benzene rings is 1. The predicted octanol–water partition coefficient (Wildman–Crippen LogP) is 3.75. The Morgan fingerprint density at radius 3 is 2.63 bits per heavy atom. The van der Waals surface area contributed by atoms with Crippen LogP contribution in [0, 0.1) is 23.7 Å². The van der Waals surface area contributed by atoms with E-state index >= 15 is 0 Å². The van der Waals surface area contributed by atoms with Crippen molar-refractivity contribution in [3.8, 4) is 0 Å². The molecule has 0 bridgehead atoms. The zero-order chi connectivity index (χ0) is 24.1. The number of nitrogens with one attached hydrogen (secondary N) is 3. The van der Waals surface area contributed by atoms with Gasteiger partial charge in [-0.3, -0.25) is 14.3 Å². The minimum absolute atomic E-state index is 0.0226. The summed E-state index contributed by atoms with van der Waals surface area (Å²) in [5.74, 6) is 2.61. The van der Waals surface area contributed by atoms with Gasteiger partial charge in [0.15, 0.2) is 0 Å². The number of aryl methyl sites for hydroxylation is 1. The van der Waals surface area contributed by atoms with Gasteiger partial charge in [-0.05, 0) is 93.9 Å². The van der Waals surface area contributed by atoms with E-state index in [0.717, 1.165) is 35.3 Å². The Hall–Kier alpha value is -3.16. The molecule has 2 aromatic heterocycles. The van der Waals surface area contributed by atoms with Crippen molar-refractivity contribution in [3.05, 3.63) is 47.5 Å². The Labute approximate surface area is 205 Å². The quantitative estimate of drug-likeness (QED) is 0.439. The first-order valence-corrected chi connectivity index (χ1v) is 13.1. The topological polar surface area (TPSA) is 105 Å². The number of carbonyl (C=O) groups is 2. The third-order valence-electron chi connectivity index (χ3n) is 7.99. The monoisotopic (exact) mass is 474 g/mol. The third-order valence-corrected chi connectivity index (χ3v) is 7.99. The molecule has 3 aliphatic rings. The largest absolute Gasteiger partial charge is 0.353 e. The molecule has 8 nitrogen and oxygen atoms in total. The molecule has 3 N–H and O–H groups in total. The summed E-state index contributed by atoms with van der Waals surface area (Å²) in [4.78, 5) is 34.1. The van der Waals surface area contributed by atoms with E-state index in [9.17, 15) is 9.59 Å². The van der Waals surface area contributed by atoms with Crippen LogP contribution in [0.25, 0.3) is 11.0 Å². The maximum absolute atomic E-state index is 13.3. The van der Waals surface area contributed by atoms with Crippen molar-refractivity contribution >= 4 is 22.8 Å². The highest BCUT2D eigenvalue weighted by Gasteiger charge is 2.47. The van der Waals surface area contributed by atoms with Crippen LogP contribution in [0.4, 0.5) is 0 Å². The number of amides is 2. The highest BCUT2D eigenvalue weighted by Crippen LogP contribution is 2.54. The van der Waals surface area contributed by atoms with Crippen molar-refractivity contribution < 1.29 is 9.59 Å². The fraction of sp³-hybridized carbons (Fsp3) is 0.556. The van der Waals surface area contributed by atoms with Crippen LogP contribution in [0.1, 0.15) is 73.9 Å². The molecule has 3 heterocycles. The molecular formula is C27H34N6O2. The van der Waals surface area contributed by atoms with Gasteiger partial charge < -0.3 is 15.6 Å². The van der Waals surface area contributed by atoms with Crippen LogP contribution in [0.15, 0.2) is 30.5 Å². The summed E-state index contributed by atoms with van der Waals surface area (Å²) in [6.45, 7) is 4.70. The van der Waals surface area contributed by atoms with Crippen LogP contribution in [-0.2, 0) is 17.8 Å². The number of fused-ring (bicyclic) bond motifs is 1. The lowest BCUT2D eigenvalue weighted by Crippen LogP contribution is -2.37. The first kappa shape index (κ1) is 22.3. The summed E-state index contributed by atoms with van der Waals surface area (Å²) in [5, 5.41) is 10.6. The minimum atomic E-state index is -0.153. The maximum atomic E-state index is 13.3. The maximum Gasteiger partial charge on any atom is 0.270 e. The van der Waals surface area contributed by atoms with Crippen molar-refractivity contribution in [2.45, 2.75) is 71.0 Å². The molecule has 3 atom stereocenters. The molecule has 2 aliphatic carbocycles. The number of aromatic amines is 1. The molecule has 0 spiro atoms. The summed E-state index contributed by atoms with van der Waals surface area (Å²) < 4.78 is 1.74. The van der Waals surface area contributed by atoms with Gasteiger partial charge in [-0.15, -0.1) is 0 Å². The lowest BCUT2D eigenvalue weighted by molar-refractivity contribution is -0.122. The van der Waals surface area contributed by atoms with Crippen molar-refractivity contribution in [1.29, 1.82) is 0 Å². The molecule has 1 aromatic carbocycles. The average molecular weight is 475 g/mol. The second kappa shape index (κ2) is 8.81. The first-order chi connectivity index (χ1) is 17.0. The van der Waals surface area contributed by atoms with Gasteiger partial charge in [-0.1, -0.05) is 6.07 Å². The van der Waals surface area contributed by atoms with Gasteiger partial charge in [-0.2, -0.15) is 5.10 Å². The Balaban J connectivity index is 1.29. The lowest BCUT2D eigenvalue weighted by atomic mass is 9.88. The standard InChI is InChI=1S/C27H34N6O2/c1-3-33-22(10-11-28-33)27(35)32-24(23(17-5-6-17)18-7-8-18)25-30-20-9-4-16(14-21(20)31-25)13-19-12-15(2)29-26(19)34/h4,9-11,14-15,17-19,23-24H,3,5-8,12-13H2,1-2H3,(H,29,34)(H,30,31)(H,32,35). The normalized spacial score (nSPS) is 23.1. The predicted molar refractivity (Wildman–Crippen MR) is 133 cm³/mol. The van der Waals surface area contributed by atoms with Crippen molar-refractivity contribution in [3.63, 3.8) is 0 Å². The third kappa shape index (κ3) is 4.46. The molecule has 35 heavy (non-hydrogen) atoms. The zero-order valence-electron chi connectivity index (χ0n) is 20.5. The van der Waals surface area contributed by atoms with Crippen molar-refractivity contribution in [2.75, 3.05) is 0 Å². The molecular weight excluding hydrogens is 440 g/mol. The van der Waals surface area contributed by atoms with Gasteiger partial charge in [0.1, 0.15) is 11.5 Å². The SMILES string of the molecule is CCn1nccc1C(=O)NC(c1nc2ccc(CC3CC(C)NC3=O)cc2[nH]1)C(C1CC1)C1CC1. The molecule has 8 heteroatoms. The van der Waals surface area contributed by atoms with Gasteiger partial charge in [0.25, 0.3) is 5.91 Å². The number of nitrogens with zero attached hydrogens (tertiary/aromatic N) is 3. The van der Waals surface area contributed by atoms with Crippen LogP contribution in [0.5, 0.6) is 0 Å². The number of hydrogen-bond acceptors (Lipinski definition) is 4. The second-order valence-corrected chi connectivity index (χ2v) is 10.8. The molecule has 3 aromatic rings. The highest BCUT2D eigenvalue weighted by atomic mass is 16.2. The van der Waals surface area contributed by atoms with Crippen LogP contribution in [0.2, 0.25) is 0 Å². The highest BCUT2D eigenvalue weighted by molar-refractivity contribution is 5.92. The van der Waals surface area contributed by atoms with E-state index in [0.29, 0.717) is 30.0 Å². The first-order valence-electron chi connectivity index (χ1n) is 13.1. The molecule has 1 saturated heterocycles. The van der Waals surface area contributed by atoms with Gasteiger partial charge in [0, 0.05) is 24.7 Å². The van der Waals surface area contributed by atoms with E-state index in [1.54, 1.807) is 16.9 Å². The lowest BCUT2D eigenvalue weighted by Gasteiger charge is -2.27. The Bertz CT molecular complexity index is 1240. The molecule has 2 saturated carbocycles. The molecule has 1 aliphatic heterocycles. The Morgan fingerprint density at radius 2 is 1.97 bits per heavy atom. The summed E-state index contributed by atoms with van der Waals surface area (Å²) in [5.41, 5.74) is 3.59. The van der Waals surface area contributed by atoms with E-state index in [2.05, 4.69) is 39.8 Å². The van der Waals surface area contributed by atoms with E-state index in [1.807, 2.05) is 13.0 Å². The van der Waals surface area contributed by atoms with E-state index in [1.165, 1.54) is 25.7 Å².